The number of nitrogens with one attached hydrogen (secondary N) is 2. The predicted molar refractivity (Wildman–Crippen MR) is 124 cm³/mol. The first-order valence-electron chi connectivity index (χ1n) is 10.5. The van der Waals surface area contributed by atoms with Gasteiger partial charge in [-0.1, -0.05) is 20.3 Å². The first-order chi connectivity index (χ1) is 12.2. The first-order valence-corrected chi connectivity index (χ1v) is 10.5. The molecule has 1 rings (SSSR count). The van der Waals surface area contributed by atoms with E-state index in [4.69, 9.17) is 4.99 Å². The number of aliphatic hydroxyl groups is 1. The fraction of sp³-hybridized carbons (Fsp3) is 0.950. The second-order valence-electron chi connectivity index (χ2n) is 7.54. The molecule has 5 nitrogen and oxygen atoms in total. The summed E-state index contributed by atoms with van der Waals surface area (Å²) in [4.78, 5) is 7.33. The lowest BCUT2D eigenvalue weighted by Crippen LogP contribution is -2.38. The predicted octanol–water partition coefficient (Wildman–Crippen LogP) is 3.47. The van der Waals surface area contributed by atoms with E-state index in [0.717, 1.165) is 50.8 Å². The molecule has 26 heavy (non-hydrogen) atoms. The highest BCUT2D eigenvalue weighted by Crippen LogP contribution is 2.16. The van der Waals surface area contributed by atoms with E-state index >= 15 is 0 Å². The monoisotopic (exact) mass is 482 g/mol. The number of unbranched alkanes of at least 4 members (excludes halogenated alkanes) is 1. The molecule has 0 radical (unpaired) electrons. The minimum absolute atomic E-state index is 0. The van der Waals surface area contributed by atoms with Gasteiger partial charge in [0.1, 0.15) is 0 Å². The molecule has 1 unspecified atom stereocenters. The van der Waals surface area contributed by atoms with Crippen LogP contribution in [0.5, 0.6) is 0 Å². The molecule has 0 amide bonds. The summed E-state index contributed by atoms with van der Waals surface area (Å²) >= 11 is 0. The van der Waals surface area contributed by atoms with Crippen molar-refractivity contribution in [3.63, 3.8) is 0 Å². The van der Waals surface area contributed by atoms with Crippen molar-refractivity contribution in [3.05, 3.63) is 0 Å². The van der Waals surface area contributed by atoms with Crippen LogP contribution in [0.3, 0.4) is 0 Å². The zero-order valence-corrected chi connectivity index (χ0v) is 19.6. The second-order valence-corrected chi connectivity index (χ2v) is 7.54. The van der Waals surface area contributed by atoms with Crippen LogP contribution in [0.4, 0.5) is 0 Å². The molecule has 0 aromatic rings. The van der Waals surface area contributed by atoms with Crippen molar-refractivity contribution in [1.29, 1.82) is 0 Å². The fourth-order valence-electron chi connectivity index (χ4n) is 3.43. The van der Waals surface area contributed by atoms with Crippen LogP contribution >= 0.6 is 24.0 Å². The van der Waals surface area contributed by atoms with E-state index in [1.165, 1.54) is 45.3 Å². The summed E-state index contributed by atoms with van der Waals surface area (Å²) in [6, 6.07) is 0. The van der Waals surface area contributed by atoms with Gasteiger partial charge in [0, 0.05) is 26.2 Å². The van der Waals surface area contributed by atoms with Gasteiger partial charge in [0.25, 0.3) is 0 Å². The third kappa shape index (κ3) is 12.3. The zero-order chi connectivity index (χ0) is 18.3. The van der Waals surface area contributed by atoms with Crippen LogP contribution < -0.4 is 10.6 Å². The van der Waals surface area contributed by atoms with Gasteiger partial charge < -0.3 is 20.6 Å². The maximum atomic E-state index is 9.17. The van der Waals surface area contributed by atoms with Gasteiger partial charge in [-0.25, -0.2) is 0 Å². The Morgan fingerprint density at radius 3 is 2.50 bits per heavy atom. The van der Waals surface area contributed by atoms with E-state index in [-0.39, 0.29) is 30.6 Å². The molecule has 0 aromatic heterocycles. The van der Waals surface area contributed by atoms with Crippen molar-refractivity contribution < 1.29 is 5.11 Å². The van der Waals surface area contributed by atoms with Gasteiger partial charge in [-0.2, -0.15) is 0 Å². The van der Waals surface area contributed by atoms with E-state index in [2.05, 4.69) is 36.3 Å². The second kappa shape index (κ2) is 17.0. The molecule has 1 aliphatic rings. The van der Waals surface area contributed by atoms with E-state index in [1.807, 2.05) is 0 Å². The summed E-state index contributed by atoms with van der Waals surface area (Å²) in [5.74, 6) is 2.33. The average molecular weight is 482 g/mol. The third-order valence-electron chi connectivity index (χ3n) is 5.16. The first kappa shape index (κ1) is 25.9. The van der Waals surface area contributed by atoms with Crippen LogP contribution in [0.1, 0.15) is 65.7 Å². The molecular formula is C20H43IN4O. The quantitative estimate of drug-likeness (QED) is 0.173. The molecule has 0 spiro atoms. The van der Waals surface area contributed by atoms with Crippen LogP contribution in [-0.2, 0) is 0 Å². The highest BCUT2D eigenvalue weighted by Gasteiger charge is 2.14. The number of hydrogen-bond donors (Lipinski definition) is 3. The van der Waals surface area contributed by atoms with Gasteiger partial charge in [-0.15, -0.1) is 24.0 Å². The van der Waals surface area contributed by atoms with E-state index in [1.54, 1.807) is 0 Å². The van der Waals surface area contributed by atoms with Crippen LogP contribution in [-0.4, -0.2) is 61.8 Å². The third-order valence-corrected chi connectivity index (χ3v) is 5.16. The smallest absolute Gasteiger partial charge is 0.191 e. The molecule has 1 fully saturated rings. The van der Waals surface area contributed by atoms with Crippen LogP contribution in [0.2, 0.25) is 0 Å². The Morgan fingerprint density at radius 1 is 1.15 bits per heavy atom. The normalized spacial score (nSPS) is 17.6. The van der Waals surface area contributed by atoms with Crippen molar-refractivity contribution in [3.8, 4) is 0 Å². The van der Waals surface area contributed by atoms with Gasteiger partial charge in [0.05, 0.1) is 0 Å². The summed E-state index contributed by atoms with van der Waals surface area (Å²) < 4.78 is 0. The number of aliphatic hydroxyl groups excluding tert-OH is 1. The maximum absolute atomic E-state index is 9.17. The number of aliphatic imine (C=N–C) groups is 1. The summed E-state index contributed by atoms with van der Waals surface area (Å²) in [7, 11) is 0. The Hall–Kier alpha value is -0.0800. The SMILES string of the molecule is CCCC(CCO)CN=C(NCC)NCCCCN1CCC(C)CC1.I. The highest BCUT2D eigenvalue weighted by molar-refractivity contribution is 14.0. The van der Waals surface area contributed by atoms with Gasteiger partial charge in [-0.3, -0.25) is 4.99 Å². The highest BCUT2D eigenvalue weighted by atomic mass is 127. The standard InChI is InChI=1S/C20H42N4O.HI/c1-4-8-19(11-16-25)17-23-20(21-5-2)22-12-6-7-13-24-14-9-18(3)10-15-24;/h18-19,25H,4-17H2,1-3H3,(H2,21,22,23);1H. The van der Waals surface area contributed by atoms with Gasteiger partial charge in [0.2, 0.25) is 0 Å². The van der Waals surface area contributed by atoms with Gasteiger partial charge in [-0.05, 0) is 76.9 Å². The van der Waals surface area contributed by atoms with Crippen LogP contribution in [0.25, 0.3) is 0 Å². The Balaban J connectivity index is 0.00000625. The van der Waals surface area contributed by atoms with E-state index in [9.17, 15) is 5.11 Å². The van der Waals surface area contributed by atoms with Gasteiger partial charge >= 0.3 is 0 Å². The molecule has 0 bridgehead atoms. The molecule has 1 aliphatic heterocycles. The van der Waals surface area contributed by atoms with Crippen molar-refractivity contribution in [2.24, 2.45) is 16.8 Å². The number of likely N-dealkylation sites (tertiary alicyclic amines) is 1. The van der Waals surface area contributed by atoms with E-state index < -0.39 is 0 Å². The molecule has 1 atom stereocenters. The molecule has 156 valence electrons. The lowest BCUT2D eigenvalue weighted by molar-refractivity contribution is 0.189. The molecule has 1 heterocycles. The number of nitrogens with zero attached hydrogens (tertiary/aromatic N) is 2. The maximum Gasteiger partial charge on any atom is 0.191 e. The number of halogens is 1. The van der Waals surface area contributed by atoms with Crippen molar-refractivity contribution in [2.45, 2.75) is 65.7 Å². The number of piperidine rings is 1. The minimum atomic E-state index is 0. The fourth-order valence-corrected chi connectivity index (χ4v) is 3.43. The molecule has 0 aliphatic carbocycles. The lowest BCUT2D eigenvalue weighted by Gasteiger charge is -2.30. The lowest BCUT2D eigenvalue weighted by atomic mass is 9.99. The molecule has 6 heteroatoms. The molecule has 0 saturated carbocycles. The average Bonchev–Trinajstić information content (AvgIpc) is 2.61. The summed E-state index contributed by atoms with van der Waals surface area (Å²) in [6.45, 7) is 13.4. The molecular weight excluding hydrogens is 439 g/mol. The van der Waals surface area contributed by atoms with Crippen molar-refractivity contribution in [1.82, 2.24) is 15.5 Å². The molecule has 0 aromatic carbocycles. The van der Waals surface area contributed by atoms with Crippen LogP contribution in [0.15, 0.2) is 4.99 Å². The largest absolute Gasteiger partial charge is 0.396 e. The Bertz CT molecular complexity index is 341. The topological polar surface area (TPSA) is 59.9 Å². The summed E-state index contributed by atoms with van der Waals surface area (Å²) in [5, 5.41) is 16.0. The summed E-state index contributed by atoms with van der Waals surface area (Å²) in [6.07, 6.45) is 8.31. The minimum Gasteiger partial charge on any atom is -0.396 e. The Labute approximate surface area is 178 Å². The Morgan fingerprint density at radius 2 is 1.88 bits per heavy atom. The molecule has 3 N–H and O–H groups in total. The number of guanidine groups is 1. The number of rotatable bonds is 12. The summed E-state index contributed by atoms with van der Waals surface area (Å²) in [5.41, 5.74) is 0. The van der Waals surface area contributed by atoms with Gasteiger partial charge in [0.15, 0.2) is 5.96 Å². The number of hydrogen-bond acceptors (Lipinski definition) is 3. The van der Waals surface area contributed by atoms with Crippen LogP contribution in [0, 0.1) is 11.8 Å². The molecule has 1 saturated heterocycles. The van der Waals surface area contributed by atoms with Crippen molar-refractivity contribution in [2.75, 3.05) is 45.9 Å². The zero-order valence-electron chi connectivity index (χ0n) is 17.3. The van der Waals surface area contributed by atoms with E-state index in [0.29, 0.717) is 5.92 Å². The Kier molecular flexibility index (Phi) is 17.0. The van der Waals surface area contributed by atoms with Crippen molar-refractivity contribution >= 4 is 29.9 Å².